The first-order valence-electron chi connectivity index (χ1n) is 10.5. The van der Waals surface area contributed by atoms with Crippen LogP contribution in [0.2, 0.25) is 0 Å². The topological polar surface area (TPSA) is 153 Å². The third-order valence-corrected chi connectivity index (χ3v) is 4.52. The van der Waals surface area contributed by atoms with Crippen molar-refractivity contribution in [1.29, 1.82) is 0 Å². The predicted octanol–water partition coefficient (Wildman–Crippen LogP) is 3.64. The lowest BCUT2D eigenvalue weighted by molar-refractivity contribution is -0.115. The first-order chi connectivity index (χ1) is 16.6. The van der Waals surface area contributed by atoms with Crippen LogP contribution in [-0.4, -0.2) is 30.5 Å². The van der Waals surface area contributed by atoms with Crippen LogP contribution >= 0.6 is 0 Å². The van der Waals surface area contributed by atoms with Gasteiger partial charge in [-0.05, 0) is 37.3 Å². The van der Waals surface area contributed by atoms with Crippen LogP contribution in [0.1, 0.15) is 36.7 Å². The Hall–Kier alpha value is -4.67. The highest BCUT2D eigenvalue weighted by Gasteiger charge is 2.15. The zero-order valence-corrected chi connectivity index (χ0v) is 19.2. The van der Waals surface area contributed by atoms with Crippen LogP contribution in [0.5, 0.6) is 0 Å². The van der Waals surface area contributed by atoms with Gasteiger partial charge in [0.15, 0.2) is 0 Å². The largest absolute Gasteiger partial charge is 0.457 e. The predicted molar refractivity (Wildman–Crippen MR) is 127 cm³/mol. The zero-order valence-electron chi connectivity index (χ0n) is 19.2. The Balaban J connectivity index is 1.84. The summed E-state index contributed by atoms with van der Waals surface area (Å²) in [6.45, 7) is 4.23. The van der Waals surface area contributed by atoms with E-state index in [0.717, 1.165) is 0 Å². The number of anilines is 3. The fourth-order valence-corrected chi connectivity index (χ4v) is 3.24. The van der Waals surface area contributed by atoms with Crippen molar-refractivity contribution in [1.82, 2.24) is 0 Å². The summed E-state index contributed by atoms with van der Waals surface area (Å²) in [6, 6.07) is 10.1. The molecule has 0 aliphatic heterocycles. The fraction of sp³-hybridized carbons (Fsp3) is 0.208. The van der Waals surface area contributed by atoms with E-state index in [0.29, 0.717) is 28.0 Å². The van der Waals surface area contributed by atoms with E-state index in [1.807, 2.05) is 0 Å². The lowest BCUT2D eigenvalue weighted by atomic mass is 10.1. The molecule has 0 spiro atoms. The molecule has 11 heteroatoms. The van der Waals surface area contributed by atoms with Gasteiger partial charge >= 0.3 is 17.7 Å². The van der Waals surface area contributed by atoms with Crippen molar-refractivity contribution in [2.75, 3.05) is 22.6 Å². The van der Waals surface area contributed by atoms with Gasteiger partial charge in [-0.3, -0.25) is 14.9 Å². The number of hydrogen-bond acceptors (Lipinski definition) is 8. The molecule has 0 saturated carbocycles. The van der Waals surface area contributed by atoms with Crippen LogP contribution in [0, 0.1) is 0 Å². The summed E-state index contributed by atoms with van der Waals surface area (Å²) in [6.07, 6.45) is -0.653. The quantitative estimate of drug-likeness (QED) is 0.342. The molecule has 0 radical (unpaired) electrons. The zero-order chi connectivity index (χ0) is 25.5. The molecule has 0 bridgehead atoms. The molecule has 0 saturated heterocycles. The highest BCUT2D eigenvalue weighted by molar-refractivity contribution is 5.98. The molecule has 3 aromatic rings. The number of rotatable bonds is 7. The number of nitrogens with one attached hydrogen (secondary N) is 3. The Morgan fingerprint density at radius 1 is 0.829 bits per heavy atom. The van der Waals surface area contributed by atoms with Gasteiger partial charge in [0.1, 0.15) is 12.2 Å². The van der Waals surface area contributed by atoms with E-state index < -0.39 is 17.7 Å². The average Bonchev–Trinajstić information content (AvgIpc) is 2.75. The third kappa shape index (κ3) is 6.90. The molecule has 3 rings (SSSR count). The summed E-state index contributed by atoms with van der Waals surface area (Å²) < 4.78 is 15.4. The molecule has 0 atom stereocenters. The smallest absolute Gasteiger partial charge is 0.411 e. The Kier molecular flexibility index (Phi) is 7.82. The molecule has 3 N–H and O–H groups in total. The maximum absolute atomic E-state index is 12.7. The Morgan fingerprint density at radius 3 is 2.09 bits per heavy atom. The van der Waals surface area contributed by atoms with Crippen molar-refractivity contribution >= 4 is 51.9 Å². The van der Waals surface area contributed by atoms with Gasteiger partial charge in [-0.1, -0.05) is 0 Å². The van der Waals surface area contributed by atoms with Crippen molar-refractivity contribution in [3.8, 4) is 0 Å². The van der Waals surface area contributed by atoms with E-state index in [9.17, 15) is 24.0 Å². The molecule has 0 fully saturated rings. The van der Waals surface area contributed by atoms with Gasteiger partial charge in [0.25, 0.3) is 0 Å². The van der Waals surface area contributed by atoms with Crippen molar-refractivity contribution < 1.29 is 33.1 Å². The van der Waals surface area contributed by atoms with Crippen LogP contribution in [0.4, 0.5) is 21.9 Å². The van der Waals surface area contributed by atoms with E-state index in [1.54, 1.807) is 19.1 Å². The van der Waals surface area contributed by atoms with Gasteiger partial charge in [0.05, 0.1) is 12.2 Å². The molecule has 182 valence electrons. The number of carbonyl (C=O) groups is 4. The average molecular weight is 481 g/mol. The van der Waals surface area contributed by atoms with Crippen LogP contribution in [0.3, 0.4) is 0 Å². The Labute approximate surface area is 199 Å². The van der Waals surface area contributed by atoms with Crippen molar-refractivity contribution in [2.24, 2.45) is 0 Å². The number of ether oxygens (including phenoxy) is 2. The van der Waals surface area contributed by atoms with Crippen molar-refractivity contribution in [2.45, 2.75) is 27.4 Å². The van der Waals surface area contributed by atoms with E-state index in [2.05, 4.69) is 16.0 Å². The first-order valence-corrected chi connectivity index (χ1v) is 10.5. The third-order valence-electron chi connectivity index (χ3n) is 4.52. The molecule has 11 nitrogen and oxygen atoms in total. The minimum Gasteiger partial charge on any atom is -0.457 e. The summed E-state index contributed by atoms with van der Waals surface area (Å²) in [4.78, 5) is 59.3. The molecular formula is C24H23N3O8. The van der Waals surface area contributed by atoms with Crippen LogP contribution in [0.15, 0.2) is 51.7 Å². The number of esters is 1. The van der Waals surface area contributed by atoms with Crippen LogP contribution in [-0.2, 0) is 25.7 Å². The summed E-state index contributed by atoms with van der Waals surface area (Å²) in [5.74, 6) is -1.46. The van der Waals surface area contributed by atoms with E-state index in [4.69, 9.17) is 13.9 Å². The molecular weight excluding hydrogens is 458 g/mol. The summed E-state index contributed by atoms with van der Waals surface area (Å²) in [5.41, 5.74) is 0.913. The van der Waals surface area contributed by atoms with Crippen molar-refractivity contribution in [3.05, 3.63) is 64.0 Å². The molecule has 2 aromatic carbocycles. The van der Waals surface area contributed by atoms with Crippen LogP contribution in [0.25, 0.3) is 11.0 Å². The molecule has 0 unspecified atom stereocenters. The second-order valence-corrected chi connectivity index (χ2v) is 7.38. The lowest BCUT2D eigenvalue weighted by Crippen LogP contribution is -2.13. The normalized spacial score (nSPS) is 10.4. The highest BCUT2D eigenvalue weighted by atomic mass is 16.5. The van der Waals surface area contributed by atoms with E-state index in [1.165, 1.54) is 44.2 Å². The number of fused-ring (bicyclic) bond motifs is 1. The minimum atomic E-state index is -0.745. The van der Waals surface area contributed by atoms with Gasteiger partial charge in [0.2, 0.25) is 11.8 Å². The SMILES string of the molecule is CCOC(=O)Nc1ccc2c(COC(=O)c3cc(NC(C)=O)cc(NC(C)=O)c3)cc(=O)oc2c1. The molecule has 3 amide bonds. The maximum Gasteiger partial charge on any atom is 0.411 e. The number of carbonyl (C=O) groups excluding carboxylic acids is 4. The standard InChI is InChI=1S/C24H23N3O8/c1-4-33-24(32)27-17-5-6-20-16(9-22(30)35-21(20)11-17)12-34-23(31)15-7-18(25-13(2)28)10-19(8-15)26-14(3)29/h5-11H,4,12H2,1-3H3,(H,25,28)(H,26,29)(H,27,32). The van der Waals surface area contributed by atoms with Gasteiger partial charge in [-0.2, -0.15) is 0 Å². The first kappa shape index (κ1) is 25.0. The summed E-state index contributed by atoms with van der Waals surface area (Å²) >= 11 is 0. The van der Waals surface area contributed by atoms with E-state index in [-0.39, 0.29) is 36.2 Å². The number of hydrogen-bond donors (Lipinski definition) is 3. The second kappa shape index (κ2) is 11.0. The highest BCUT2D eigenvalue weighted by Crippen LogP contribution is 2.24. The Morgan fingerprint density at radius 2 is 1.49 bits per heavy atom. The maximum atomic E-state index is 12.7. The summed E-state index contributed by atoms with van der Waals surface area (Å²) in [7, 11) is 0. The van der Waals surface area contributed by atoms with Gasteiger partial charge < -0.3 is 24.5 Å². The summed E-state index contributed by atoms with van der Waals surface area (Å²) in [5, 5.41) is 8.12. The van der Waals surface area contributed by atoms with Gasteiger partial charge in [-0.25, -0.2) is 14.4 Å². The van der Waals surface area contributed by atoms with Crippen molar-refractivity contribution in [3.63, 3.8) is 0 Å². The molecule has 0 aliphatic rings. The minimum absolute atomic E-state index is 0.0770. The molecule has 0 aliphatic carbocycles. The second-order valence-electron chi connectivity index (χ2n) is 7.38. The van der Waals surface area contributed by atoms with Gasteiger partial charge in [0, 0.05) is 54.0 Å². The molecule has 1 aromatic heterocycles. The Bertz CT molecular complexity index is 1330. The molecule has 1 heterocycles. The molecule has 35 heavy (non-hydrogen) atoms. The number of benzene rings is 2. The van der Waals surface area contributed by atoms with Gasteiger partial charge in [-0.15, -0.1) is 0 Å². The lowest BCUT2D eigenvalue weighted by Gasteiger charge is -2.12. The van der Waals surface area contributed by atoms with E-state index >= 15 is 0 Å². The number of amides is 3. The fourth-order valence-electron chi connectivity index (χ4n) is 3.24. The monoisotopic (exact) mass is 481 g/mol. The van der Waals surface area contributed by atoms with Crippen LogP contribution < -0.4 is 21.6 Å².